The summed E-state index contributed by atoms with van der Waals surface area (Å²) in [6, 6.07) is 12.0. The van der Waals surface area contributed by atoms with E-state index in [0.717, 1.165) is 36.0 Å². The van der Waals surface area contributed by atoms with Gasteiger partial charge in [-0.1, -0.05) is 30.3 Å². The standard InChI is InChI=1S/C19H20N4O2/c24-19(22-17-7-4-8-25-13-17)16-9-15-11-21-23(18(15)20-10-16)12-14-5-2-1-3-6-14/h1-3,5-6,9-11,17H,4,7-8,12-13H2,(H,22,24). The fourth-order valence-corrected chi connectivity index (χ4v) is 3.09. The van der Waals surface area contributed by atoms with Crippen molar-refractivity contribution in [1.82, 2.24) is 20.1 Å². The van der Waals surface area contributed by atoms with Crippen LogP contribution < -0.4 is 5.32 Å². The number of nitrogens with zero attached hydrogens (tertiary/aromatic N) is 3. The van der Waals surface area contributed by atoms with Crippen LogP contribution in [0.3, 0.4) is 0 Å². The Kier molecular flexibility index (Phi) is 4.43. The topological polar surface area (TPSA) is 69.0 Å². The average molecular weight is 336 g/mol. The molecule has 4 rings (SSSR count). The van der Waals surface area contributed by atoms with Gasteiger partial charge in [0.1, 0.15) is 0 Å². The molecule has 2 aromatic heterocycles. The lowest BCUT2D eigenvalue weighted by Crippen LogP contribution is -2.40. The summed E-state index contributed by atoms with van der Waals surface area (Å²) in [4.78, 5) is 16.9. The Labute approximate surface area is 145 Å². The second-order valence-corrected chi connectivity index (χ2v) is 6.31. The molecule has 0 aliphatic carbocycles. The van der Waals surface area contributed by atoms with Gasteiger partial charge in [-0.3, -0.25) is 4.79 Å². The maximum atomic E-state index is 12.4. The van der Waals surface area contributed by atoms with Crippen LogP contribution in [0.1, 0.15) is 28.8 Å². The van der Waals surface area contributed by atoms with Crippen molar-refractivity contribution in [2.75, 3.05) is 13.2 Å². The molecule has 0 radical (unpaired) electrons. The van der Waals surface area contributed by atoms with Gasteiger partial charge in [-0.25, -0.2) is 9.67 Å². The maximum absolute atomic E-state index is 12.4. The molecule has 3 aromatic rings. The Morgan fingerprint density at radius 3 is 2.96 bits per heavy atom. The van der Waals surface area contributed by atoms with Crippen molar-refractivity contribution >= 4 is 16.9 Å². The predicted octanol–water partition coefficient (Wildman–Crippen LogP) is 2.39. The number of carbonyl (C=O) groups excluding carboxylic acids is 1. The Morgan fingerprint density at radius 2 is 2.16 bits per heavy atom. The number of hydrogen-bond donors (Lipinski definition) is 1. The smallest absolute Gasteiger partial charge is 0.253 e. The molecule has 6 nitrogen and oxygen atoms in total. The number of pyridine rings is 1. The van der Waals surface area contributed by atoms with Crippen molar-refractivity contribution < 1.29 is 9.53 Å². The largest absolute Gasteiger partial charge is 0.379 e. The van der Waals surface area contributed by atoms with Crippen LogP contribution in [0.5, 0.6) is 0 Å². The van der Waals surface area contributed by atoms with Crippen LogP contribution in [0, 0.1) is 0 Å². The second-order valence-electron chi connectivity index (χ2n) is 6.31. The fraction of sp³-hybridized carbons (Fsp3) is 0.316. The first kappa shape index (κ1) is 15.8. The molecule has 1 unspecified atom stereocenters. The highest BCUT2D eigenvalue weighted by molar-refractivity contribution is 5.97. The molecule has 1 N–H and O–H groups in total. The third-order valence-electron chi connectivity index (χ3n) is 4.41. The molecule has 128 valence electrons. The summed E-state index contributed by atoms with van der Waals surface area (Å²) in [5.74, 6) is -0.110. The third-order valence-corrected chi connectivity index (χ3v) is 4.41. The van der Waals surface area contributed by atoms with E-state index in [4.69, 9.17) is 4.74 Å². The molecule has 1 aliphatic rings. The van der Waals surface area contributed by atoms with E-state index in [1.807, 2.05) is 28.9 Å². The van der Waals surface area contributed by atoms with Crippen molar-refractivity contribution in [1.29, 1.82) is 0 Å². The van der Waals surface area contributed by atoms with Crippen LogP contribution in [-0.2, 0) is 11.3 Å². The van der Waals surface area contributed by atoms with E-state index in [9.17, 15) is 4.79 Å². The van der Waals surface area contributed by atoms with Gasteiger partial charge in [0, 0.05) is 18.2 Å². The molecule has 0 bridgehead atoms. The average Bonchev–Trinajstić information content (AvgIpc) is 3.05. The number of carbonyl (C=O) groups is 1. The number of benzene rings is 1. The first-order valence-corrected chi connectivity index (χ1v) is 8.54. The molecule has 0 spiro atoms. The van der Waals surface area contributed by atoms with E-state index in [-0.39, 0.29) is 11.9 Å². The van der Waals surface area contributed by atoms with Gasteiger partial charge in [0.25, 0.3) is 5.91 Å². The minimum Gasteiger partial charge on any atom is -0.379 e. The molecule has 25 heavy (non-hydrogen) atoms. The SMILES string of the molecule is O=C(NC1CCCOC1)c1cnc2c(cnn2Cc2ccccc2)c1. The van der Waals surface area contributed by atoms with Gasteiger partial charge in [0.15, 0.2) is 5.65 Å². The Bertz CT molecular complexity index is 870. The Balaban J connectivity index is 1.52. The van der Waals surface area contributed by atoms with Gasteiger partial charge in [-0.05, 0) is 24.5 Å². The van der Waals surface area contributed by atoms with Gasteiger partial charge in [-0.2, -0.15) is 5.10 Å². The van der Waals surface area contributed by atoms with Crippen molar-refractivity contribution in [3.05, 3.63) is 59.9 Å². The van der Waals surface area contributed by atoms with Crippen LogP contribution in [-0.4, -0.2) is 39.9 Å². The summed E-state index contributed by atoms with van der Waals surface area (Å²) in [5, 5.41) is 8.29. The zero-order chi connectivity index (χ0) is 17.1. The highest BCUT2D eigenvalue weighted by atomic mass is 16.5. The molecule has 6 heteroatoms. The van der Waals surface area contributed by atoms with E-state index < -0.39 is 0 Å². The number of hydrogen-bond acceptors (Lipinski definition) is 4. The molecular weight excluding hydrogens is 316 g/mol. The number of amides is 1. The lowest BCUT2D eigenvalue weighted by atomic mass is 10.1. The molecule has 1 aliphatic heterocycles. The molecule has 0 saturated carbocycles. The van der Waals surface area contributed by atoms with E-state index in [1.54, 1.807) is 12.4 Å². The van der Waals surface area contributed by atoms with Crippen LogP contribution in [0.4, 0.5) is 0 Å². The van der Waals surface area contributed by atoms with Crippen molar-refractivity contribution in [3.63, 3.8) is 0 Å². The number of rotatable bonds is 4. The van der Waals surface area contributed by atoms with Gasteiger partial charge < -0.3 is 10.1 Å². The third kappa shape index (κ3) is 3.53. The van der Waals surface area contributed by atoms with E-state index in [1.165, 1.54) is 0 Å². The molecule has 1 atom stereocenters. The molecule has 3 heterocycles. The second kappa shape index (κ2) is 7.03. The van der Waals surface area contributed by atoms with Crippen molar-refractivity contribution in [3.8, 4) is 0 Å². The molecule has 1 saturated heterocycles. The number of nitrogens with one attached hydrogen (secondary N) is 1. The van der Waals surface area contributed by atoms with Crippen LogP contribution >= 0.6 is 0 Å². The van der Waals surface area contributed by atoms with Crippen molar-refractivity contribution in [2.45, 2.75) is 25.4 Å². The van der Waals surface area contributed by atoms with Crippen LogP contribution in [0.15, 0.2) is 48.8 Å². The predicted molar refractivity (Wildman–Crippen MR) is 94.4 cm³/mol. The maximum Gasteiger partial charge on any atom is 0.253 e. The first-order chi connectivity index (χ1) is 12.3. The Morgan fingerprint density at radius 1 is 1.28 bits per heavy atom. The van der Waals surface area contributed by atoms with Crippen molar-refractivity contribution in [2.24, 2.45) is 0 Å². The number of ether oxygens (including phenoxy) is 1. The van der Waals surface area contributed by atoms with Gasteiger partial charge in [0.05, 0.1) is 31.0 Å². The van der Waals surface area contributed by atoms with Gasteiger partial charge in [-0.15, -0.1) is 0 Å². The fourth-order valence-electron chi connectivity index (χ4n) is 3.09. The molecular formula is C19H20N4O2. The monoisotopic (exact) mass is 336 g/mol. The summed E-state index contributed by atoms with van der Waals surface area (Å²) in [6.07, 6.45) is 5.31. The summed E-state index contributed by atoms with van der Waals surface area (Å²) in [7, 11) is 0. The summed E-state index contributed by atoms with van der Waals surface area (Å²) >= 11 is 0. The number of aromatic nitrogens is 3. The summed E-state index contributed by atoms with van der Waals surface area (Å²) < 4.78 is 7.25. The zero-order valence-electron chi connectivity index (χ0n) is 13.9. The summed E-state index contributed by atoms with van der Waals surface area (Å²) in [5.41, 5.74) is 2.49. The first-order valence-electron chi connectivity index (χ1n) is 8.54. The summed E-state index contributed by atoms with van der Waals surface area (Å²) in [6.45, 7) is 2.01. The van der Waals surface area contributed by atoms with Gasteiger partial charge >= 0.3 is 0 Å². The molecule has 1 amide bonds. The lowest BCUT2D eigenvalue weighted by Gasteiger charge is -2.23. The Hall–Kier alpha value is -2.73. The highest BCUT2D eigenvalue weighted by Gasteiger charge is 2.18. The van der Waals surface area contributed by atoms with E-state index >= 15 is 0 Å². The number of fused-ring (bicyclic) bond motifs is 1. The van der Waals surface area contributed by atoms with Crippen LogP contribution in [0.25, 0.3) is 11.0 Å². The lowest BCUT2D eigenvalue weighted by molar-refractivity contribution is 0.0624. The minimum absolute atomic E-state index is 0.0813. The van der Waals surface area contributed by atoms with E-state index in [0.29, 0.717) is 18.7 Å². The van der Waals surface area contributed by atoms with Gasteiger partial charge in [0.2, 0.25) is 0 Å². The van der Waals surface area contributed by atoms with E-state index in [2.05, 4.69) is 27.5 Å². The normalized spacial score (nSPS) is 17.5. The molecule has 1 fully saturated rings. The minimum atomic E-state index is -0.110. The quantitative estimate of drug-likeness (QED) is 0.794. The molecule has 1 aromatic carbocycles. The highest BCUT2D eigenvalue weighted by Crippen LogP contribution is 2.15. The zero-order valence-corrected chi connectivity index (χ0v) is 13.9. The van der Waals surface area contributed by atoms with Crippen LogP contribution in [0.2, 0.25) is 0 Å².